The maximum absolute atomic E-state index is 12.1. The SMILES string of the molecule is Cc1c(Cl)cccc1Nc1nnc(SCC(F)F)s1. The van der Waals surface area contributed by atoms with Crippen molar-refractivity contribution in [3.05, 3.63) is 28.8 Å². The van der Waals surface area contributed by atoms with Crippen LogP contribution in [0, 0.1) is 6.92 Å². The van der Waals surface area contributed by atoms with Gasteiger partial charge in [-0.1, -0.05) is 40.8 Å². The normalized spacial score (nSPS) is 11.0. The van der Waals surface area contributed by atoms with Gasteiger partial charge in [0.25, 0.3) is 0 Å². The van der Waals surface area contributed by atoms with E-state index in [4.69, 9.17) is 11.6 Å². The van der Waals surface area contributed by atoms with Crippen molar-refractivity contribution >= 4 is 45.5 Å². The molecule has 0 aliphatic carbocycles. The summed E-state index contributed by atoms with van der Waals surface area (Å²) >= 11 is 8.24. The number of nitrogens with zero attached hydrogens (tertiary/aromatic N) is 2. The van der Waals surface area contributed by atoms with Crippen molar-refractivity contribution in [2.45, 2.75) is 17.7 Å². The van der Waals surface area contributed by atoms with Crippen LogP contribution in [0.15, 0.2) is 22.5 Å². The Labute approximate surface area is 122 Å². The summed E-state index contributed by atoms with van der Waals surface area (Å²) in [5.74, 6) is -0.273. The second-order valence-corrected chi connectivity index (χ2v) is 6.26. The van der Waals surface area contributed by atoms with Crippen LogP contribution in [-0.2, 0) is 0 Å². The van der Waals surface area contributed by atoms with Gasteiger partial charge < -0.3 is 5.32 Å². The summed E-state index contributed by atoms with van der Waals surface area (Å²) in [5, 5.41) is 12.0. The third kappa shape index (κ3) is 4.02. The first-order valence-corrected chi connectivity index (χ1v) is 7.51. The summed E-state index contributed by atoms with van der Waals surface area (Å²) in [6.07, 6.45) is -2.35. The summed E-state index contributed by atoms with van der Waals surface area (Å²) in [6, 6.07) is 5.49. The zero-order valence-electron chi connectivity index (χ0n) is 9.86. The molecule has 102 valence electrons. The summed E-state index contributed by atoms with van der Waals surface area (Å²) < 4.78 is 24.7. The molecule has 0 unspecified atom stereocenters. The molecule has 0 aliphatic rings. The van der Waals surface area contributed by atoms with Crippen LogP contribution in [0.3, 0.4) is 0 Å². The van der Waals surface area contributed by atoms with Crippen LogP contribution >= 0.6 is 34.7 Å². The van der Waals surface area contributed by atoms with Crippen molar-refractivity contribution < 1.29 is 8.78 Å². The van der Waals surface area contributed by atoms with Crippen LogP contribution in [0.5, 0.6) is 0 Å². The Balaban J connectivity index is 2.05. The Hall–Kier alpha value is -0.920. The molecule has 0 radical (unpaired) electrons. The van der Waals surface area contributed by atoms with Crippen LogP contribution in [0.25, 0.3) is 0 Å². The van der Waals surface area contributed by atoms with Gasteiger partial charge in [-0.25, -0.2) is 8.78 Å². The Morgan fingerprint density at radius 2 is 2.21 bits per heavy atom. The molecule has 0 saturated heterocycles. The molecule has 2 rings (SSSR count). The van der Waals surface area contributed by atoms with Gasteiger partial charge in [-0.15, -0.1) is 10.2 Å². The molecule has 0 atom stereocenters. The fourth-order valence-electron chi connectivity index (χ4n) is 1.31. The van der Waals surface area contributed by atoms with E-state index in [1.807, 2.05) is 19.1 Å². The Kier molecular flexibility index (Phi) is 4.95. The average molecular weight is 322 g/mol. The molecule has 0 aliphatic heterocycles. The molecule has 0 bridgehead atoms. The number of alkyl halides is 2. The van der Waals surface area contributed by atoms with Crippen LogP contribution in [0.2, 0.25) is 5.02 Å². The number of benzene rings is 1. The van der Waals surface area contributed by atoms with Gasteiger partial charge in [-0.2, -0.15) is 0 Å². The van der Waals surface area contributed by atoms with Crippen LogP contribution in [0.4, 0.5) is 19.6 Å². The van der Waals surface area contributed by atoms with Crippen molar-refractivity contribution in [1.82, 2.24) is 10.2 Å². The van der Waals surface area contributed by atoms with E-state index in [0.717, 1.165) is 23.0 Å². The van der Waals surface area contributed by atoms with Gasteiger partial charge in [-0.3, -0.25) is 0 Å². The van der Waals surface area contributed by atoms with E-state index >= 15 is 0 Å². The van der Waals surface area contributed by atoms with E-state index < -0.39 is 6.43 Å². The minimum atomic E-state index is -2.35. The van der Waals surface area contributed by atoms with E-state index in [1.54, 1.807) is 6.07 Å². The molecular weight excluding hydrogens is 312 g/mol. The molecule has 0 amide bonds. The maximum Gasteiger partial charge on any atom is 0.248 e. The standard InChI is InChI=1S/C11H10ClF2N3S2/c1-6-7(12)3-2-4-8(6)15-10-16-17-11(19-10)18-5-9(13)14/h2-4,9H,5H2,1H3,(H,15,16). The lowest BCUT2D eigenvalue weighted by atomic mass is 10.2. The number of nitrogens with one attached hydrogen (secondary N) is 1. The van der Waals surface area contributed by atoms with E-state index in [1.165, 1.54) is 11.3 Å². The fourth-order valence-corrected chi connectivity index (χ4v) is 3.02. The van der Waals surface area contributed by atoms with Gasteiger partial charge in [0.05, 0.1) is 5.75 Å². The molecule has 1 heterocycles. The number of halogens is 3. The summed E-state index contributed by atoms with van der Waals surface area (Å²) in [4.78, 5) is 0. The highest BCUT2D eigenvalue weighted by atomic mass is 35.5. The zero-order valence-corrected chi connectivity index (χ0v) is 12.3. The van der Waals surface area contributed by atoms with E-state index in [2.05, 4.69) is 15.5 Å². The number of hydrogen-bond acceptors (Lipinski definition) is 5. The van der Waals surface area contributed by atoms with E-state index in [0.29, 0.717) is 14.5 Å². The highest BCUT2D eigenvalue weighted by Crippen LogP contribution is 2.31. The highest BCUT2D eigenvalue weighted by Gasteiger charge is 2.10. The predicted octanol–water partition coefficient (Wildman–Crippen LogP) is 4.60. The molecule has 3 nitrogen and oxygen atoms in total. The number of anilines is 2. The number of rotatable bonds is 5. The second-order valence-electron chi connectivity index (χ2n) is 3.61. The lowest BCUT2D eigenvalue weighted by Crippen LogP contribution is -1.92. The van der Waals surface area contributed by atoms with Gasteiger partial charge in [0.2, 0.25) is 11.6 Å². The monoisotopic (exact) mass is 321 g/mol. The molecular formula is C11H10ClF2N3S2. The number of aromatic nitrogens is 2. The van der Waals surface area contributed by atoms with E-state index in [-0.39, 0.29) is 5.75 Å². The molecule has 8 heteroatoms. The number of hydrogen-bond donors (Lipinski definition) is 1. The van der Waals surface area contributed by atoms with Crippen molar-refractivity contribution in [2.24, 2.45) is 0 Å². The first-order valence-electron chi connectivity index (χ1n) is 5.33. The molecule has 19 heavy (non-hydrogen) atoms. The second kappa shape index (κ2) is 6.49. The quantitative estimate of drug-likeness (QED) is 0.817. The lowest BCUT2D eigenvalue weighted by Gasteiger charge is -2.06. The topological polar surface area (TPSA) is 37.8 Å². The molecule has 0 saturated carbocycles. The summed E-state index contributed by atoms with van der Waals surface area (Å²) in [7, 11) is 0. The third-order valence-corrected chi connectivity index (χ3v) is 4.64. The van der Waals surface area contributed by atoms with Crippen LogP contribution in [-0.4, -0.2) is 22.4 Å². The minimum absolute atomic E-state index is 0.273. The van der Waals surface area contributed by atoms with Crippen LogP contribution < -0.4 is 5.32 Å². The van der Waals surface area contributed by atoms with Gasteiger partial charge in [0.15, 0.2) is 4.34 Å². The Morgan fingerprint density at radius 3 is 2.95 bits per heavy atom. The first-order chi connectivity index (χ1) is 9.06. The van der Waals surface area contributed by atoms with Crippen LogP contribution in [0.1, 0.15) is 5.56 Å². The van der Waals surface area contributed by atoms with Gasteiger partial charge in [0, 0.05) is 10.7 Å². The van der Waals surface area contributed by atoms with E-state index in [9.17, 15) is 8.78 Å². The maximum atomic E-state index is 12.1. The summed E-state index contributed by atoms with van der Waals surface area (Å²) in [6.45, 7) is 1.89. The Bertz CT molecular complexity index is 563. The van der Waals surface area contributed by atoms with Gasteiger partial charge in [0.1, 0.15) is 0 Å². The molecule has 1 aromatic carbocycles. The number of thioether (sulfide) groups is 1. The predicted molar refractivity (Wildman–Crippen MR) is 76.1 cm³/mol. The smallest absolute Gasteiger partial charge is 0.248 e. The molecule has 1 N–H and O–H groups in total. The fraction of sp³-hybridized carbons (Fsp3) is 0.273. The molecule has 0 spiro atoms. The van der Waals surface area contributed by atoms with Crippen molar-refractivity contribution in [3.63, 3.8) is 0 Å². The summed E-state index contributed by atoms with van der Waals surface area (Å²) in [5.41, 5.74) is 1.73. The average Bonchev–Trinajstić information content (AvgIpc) is 2.80. The first kappa shape index (κ1) is 14.5. The minimum Gasteiger partial charge on any atom is -0.330 e. The zero-order chi connectivity index (χ0) is 13.8. The van der Waals surface area contributed by atoms with Gasteiger partial charge in [-0.05, 0) is 24.6 Å². The largest absolute Gasteiger partial charge is 0.330 e. The van der Waals surface area contributed by atoms with Crippen molar-refractivity contribution in [3.8, 4) is 0 Å². The molecule has 2 aromatic rings. The lowest BCUT2D eigenvalue weighted by molar-refractivity contribution is 0.177. The van der Waals surface area contributed by atoms with Crippen molar-refractivity contribution in [2.75, 3.05) is 11.1 Å². The highest BCUT2D eigenvalue weighted by molar-refractivity contribution is 8.01. The third-order valence-electron chi connectivity index (χ3n) is 2.25. The van der Waals surface area contributed by atoms with Gasteiger partial charge >= 0.3 is 0 Å². The van der Waals surface area contributed by atoms with Crippen molar-refractivity contribution in [1.29, 1.82) is 0 Å². The Morgan fingerprint density at radius 1 is 1.42 bits per heavy atom. The molecule has 1 aromatic heterocycles. The molecule has 0 fully saturated rings.